The molecule has 1 aliphatic rings. The van der Waals surface area contributed by atoms with Gasteiger partial charge in [-0.3, -0.25) is 4.79 Å². The molecular weight excluding hydrogens is 232 g/mol. The fraction of sp³-hybridized carbons (Fsp3) is 0.154. The number of anilines is 2. The van der Waals surface area contributed by atoms with E-state index < -0.39 is 0 Å². The second-order valence-corrected chi connectivity index (χ2v) is 5.02. The second-order valence-electron chi connectivity index (χ2n) is 4.07. The maximum atomic E-state index is 12.3. The third-order valence-electron chi connectivity index (χ3n) is 2.98. The van der Waals surface area contributed by atoms with Gasteiger partial charge in [0.05, 0.1) is 4.88 Å². The first-order valence-electron chi connectivity index (χ1n) is 5.49. The molecular formula is C13H12N2OS. The van der Waals surface area contributed by atoms with Crippen LogP contribution in [-0.4, -0.2) is 12.5 Å². The van der Waals surface area contributed by atoms with Gasteiger partial charge in [-0.15, -0.1) is 11.3 Å². The highest BCUT2D eigenvalue weighted by Crippen LogP contribution is 2.31. The summed E-state index contributed by atoms with van der Waals surface area (Å²) in [5.74, 6) is 0.0866. The quantitative estimate of drug-likeness (QED) is 0.783. The van der Waals surface area contributed by atoms with E-state index in [0.29, 0.717) is 0 Å². The van der Waals surface area contributed by atoms with Crippen LogP contribution in [0, 0.1) is 0 Å². The van der Waals surface area contributed by atoms with Crippen LogP contribution in [0.1, 0.15) is 15.2 Å². The number of nitrogens with two attached hydrogens (primary N) is 1. The minimum Gasteiger partial charge on any atom is -0.399 e. The van der Waals surface area contributed by atoms with Gasteiger partial charge in [0.1, 0.15) is 0 Å². The molecule has 0 atom stereocenters. The molecule has 86 valence electrons. The van der Waals surface area contributed by atoms with Crippen LogP contribution in [0.2, 0.25) is 0 Å². The number of benzene rings is 1. The lowest BCUT2D eigenvalue weighted by Gasteiger charge is -2.16. The molecule has 0 spiro atoms. The lowest BCUT2D eigenvalue weighted by atomic mass is 10.1. The normalized spacial score (nSPS) is 13.8. The molecule has 1 amide bonds. The second kappa shape index (κ2) is 3.89. The van der Waals surface area contributed by atoms with Gasteiger partial charge in [0.2, 0.25) is 0 Å². The molecule has 1 aromatic heterocycles. The molecule has 2 N–H and O–H groups in total. The van der Waals surface area contributed by atoms with Crippen LogP contribution in [-0.2, 0) is 6.42 Å². The number of nitrogens with zero attached hydrogens (tertiary/aromatic N) is 1. The zero-order valence-electron chi connectivity index (χ0n) is 9.22. The Morgan fingerprint density at radius 1 is 1.35 bits per heavy atom. The van der Waals surface area contributed by atoms with E-state index in [0.717, 1.165) is 34.8 Å². The fourth-order valence-corrected chi connectivity index (χ4v) is 2.84. The molecule has 0 unspecified atom stereocenters. The van der Waals surface area contributed by atoms with Gasteiger partial charge in [0.15, 0.2) is 0 Å². The predicted octanol–water partition coefficient (Wildman–Crippen LogP) is 2.53. The number of hydrogen-bond donors (Lipinski definition) is 1. The van der Waals surface area contributed by atoms with Crippen molar-refractivity contribution < 1.29 is 4.79 Å². The molecule has 4 heteroatoms. The van der Waals surface area contributed by atoms with Crippen LogP contribution in [0.15, 0.2) is 35.7 Å². The lowest BCUT2D eigenvalue weighted by Crippen LogP contribution is -2.28. The van der Waals surface area contributed by atoms with Gasteiger partial charge in [-0.25, -0.2) is 0 Å². The summed E-state index contributed by atoms with van der Waals surface area (Å²) in [4.78, 5) is 14.9. The highest BCUT2D eigenvalue weighted by Gasteiger charge is 2.25. The average Bonchev–Trinajstić information content (AvgIpc) is 2.96. The molecule has 1 aliphatic heterocycles. The average molecular weight is 244 g/mol. The minimum absolute atomic E-state index is 0.0866. The standard InChI is InChI=1S/C13H12N2OS/c14-10-3-4-11-9(8-10)5-6-15(11)13(16)12-2-1-7-17-12/h1-4,7-8H,5-6,14H2. The smallest absolute Gasteiger partial charge is 0.268 e. The lowest BCUT2D eigenvalue weighted by molar-refractivity contribution is 0.0993. The van der Waals surface area contributed by atoms with Gasteiger partial charge >= 0.3 is 0 Å². The molecule has 2 aromatic rings. The SMILES string of the molecule is Nc1ccc2c(c1)CCN2C(=O)c1cccs1. The van der Waals surface area contributed by atoms with Crippen molar-refractivity contribution in [3.05, 3.63) is 46.2 Å². The Kier molecular flexibility index (Phi) is 2.37. The van der Waals surface area contributed by atoms with Crippen molar-refractivity contribution in [2.45, 2.75) is 6.42 Å². The van der Waals surface area contributed by atoms with Gasteiger partial charge in [-0.2, -0.15) is 0 Å². The fourth-order valence-electron chi connectivity index (χ4n) is 2.17. The molecule has 0 fully saturated rings. The highest BCUT2D eigenvalue weighted by molar-refractivity contribution is 7.12. The molecule has 0 radical (unpaired) electrons. The first kappa shape index (κ1) is 10.4. The van der Waals surface area contributed by atoms with Gasteiger partial charge in [-0.1, -0.05) is 6.07 Å². The van der Waals surface area contributed by atoms with E-state index >= 15 is 0 Å². The zero-order chi connectivity index (χ0) is 11.8. The van der Waals surface area contributed by atoms with Crippen LogP contribution in [0.3, 0.4) is 0 Å². The Balaban J connectivity index is 1.96. The molecule has 0 saturated heterocycles. The molecule has 0 aliphatic carbocycles. The number of rotatable bonds is 1. The maximum Gasteiger partial charge on any atom is 0.268 e. The summed E-state index contributed by atoms with van der Waals surface area (Å²) in [7, 11) is 0. The monoisotopic (exact) mass is 244 g/mol. The van der Waals surface area contributed by atoms with Crippen molar-refractivity contribution in [3.8, 4) is 0 Å². The predicted molar refractivity (Wildman–Crippen MR) is 70.6 cm³/mol. The Labute approximate surface area is 103 Å². The van der Waals surface area contributed by atoms with E-state index in [9.17, 15) is 4.79 Å². The van der Waals surface area contributed by atoms with E-state index in [1.165, 1.54) is 11.3 Å². The third-order valence-corrected chi connectivity index (χ3v) is 3.83. The van der Waals surface area contributed by atoms with Crippen molar-refractivity contribution in [2.75, 3.05) is 17.2 Å². The molecule has 1 aromatic carbocycles. The number of fused-ring (bicyclic) bond motifs is 1. The molecule has 0 bridgehead atoms. The van der Waals surface area contributed by atoms with Crippen LogP contribution < -0.4 is 10.6 Å². The van der Waals surface area contributed by atoms with Crippen molar-refractivity contribution in [2.24, 2.45) is 0 Å². The van der Waals surface area contributed by atoms with Crippen LogP contribution in [0.25, 0.3) is 0 Å². The van der Waals surface area contributed by atoms with Crippen LogP contribution in [0.5, 0.6) is 0 Å². The molecule has 0 saturated carbocycles. The van der Waals surface area contributed by atoms with Gasteiger partial charge < -0.3 is 10.6 Å². The zero-order valence-corrected chi connectivity index (χ0v) is 10.0. The topological polar surface area (TPSA) is 46.3 Å². The summed E-state index contributed by atoms with van der Waals surface area (Å²) in [6.07, 6.45) is 0.886. The summed E-state index contributed by atoms with van der Waals surface area (Å²) in [5.41, 5.74) is 8.66. The van der Waals surface area contributed by atoms with Crippen LogP contribution >= 0.6 is 11.3 Å². The first-order valence-corrected chi connectivity index (χ1v) is 6.37. The van der Waals surface area contributed by atoms with E-state index in [1.54, 1.807) is 0 Å². The van der Waals surface area contributed by atoms with Gasteiger partial charge in [0.25, 0.3) is 5.91 Å². The van der Waals surface area contributed by atoms with E-state index in [4.69, 9.17) is 5.73 Å². The summed E-state index contributed by atoms with van der Waals surface area (Å²) < 4.78 is 0. The maximum absolute atomic E-state index is 12.3. The van der Waals surface area contributed by atoms with E-state index in [1.807, 2.05) is 40.6 Å². The van der Waals surface area contributed by atoms with Gasteiger partial charge in [0, 0.05) is 17.9 Å². The largest absolute Gasteiger partial charge is 0.399 e. The number of carbonyl (C=O) groups excluding carboxylic acids is 1. The Morgan fingerprint density at radius 2 is 2.24 bits per heavy atom. The van der Waals surface area contributed by atoms with Gasteiger partial charge in [-0.05, 0) is 41.6 Å². The summed E-state index contributed by atoms with van der Waals surface area (Å²) >= 11 is 1.48. The van der Waals surface area contributed by atoms with Crippen molar-refractivity contribution in [1.82, 2.24) is 0 Å². The summed E-state index contributed by atoms with van der Waals surface area (Å²) in [6.45, 7) is 0.746. The Hall–Kier alpha value is -1.81. The Bertz CT molecular complexity index is 563. The van der Waals surface area contributed by atoms with Crippen molar-refractivity contribution in [1.29, 1.82) is 0 Å². The van der Waals surface area contributed by atoms with Crippen molar-refractivity contribution >= 4 is 28.6 Å². The molecule has 17 heavy (non-hydrogen) atoms. The first-order chi connectivity index (χ1) is 8.25. The third kappa shape index (κ3) is 1.70. The van der Waals surface area contributed by atoms with Crippen LogP contribution in [0.4, 0.5) is 11.4 Å². The number of hydrogen-bond acceptors (Lipinski definition) is 3. The summed E-state index contributed by atoms with van der Waals surface area (Å²) in [6, 6.07) is 9.50. The number of nitrogen functional groups attached to an aromatic ring is 1. The van der Waals surface area contributed by atoms with E-state index in [-0.39, 0.29) is 5.91 Å². The number of amides is 1. The number of carbonyl (C=O) groups is 1. The molecule has 2 heterocycles. The highest BCUT2D eigenvalue weighted by atomic mass is 32.1. The number of thiophene rings is 1. The van der Waals surface area contributed by atoms with E-state index in [2.05, 4.69) is 0 Å². The molecule has 3 rings (SSSR count). The minimum atomic E-state index is 0.0866. The Morgan fingerprint density at radius 3 is 3.00 bits per heavy atom. The molecule has 3 nitrogen and oxygen atoms in total. The summed E-state index contributed by atoms with van der Waals surface area (Å²) in [5, 5.41) is 1.92. The van der Waals surface area contributed by atoms with Crippen molar-refractivity contribution in [3.63, 3.8) is 0 Å².